The summed E-state index contributed by atoms with van der Waals surface area (Å²) in [6.07, 6.45) is 3.06. The van der Waals surface area contributed by atoms with Crippen LogP contribution in [0.2, 0.25) is 0 Å². The first-order valence-corrected chi connectivity index (χ1v) is 9.65. The number of H-pyrrole nitrogens is 1. The number of carbonyl (C=O) groups excluding carboxylic acids is 2. The normalized spacial score (nSPS) is 15.4. The van der Waals surface area contributed by atoms with Crippen LogP contribution >= 0.6 is 11.3 Å². The molecule has 1 aliphatic rings. The summed E-state index contributed by atoms with van der Waals surface area (Å²) in [5.41, 5.74) is 3.48. The summed E-state index contributed by atoms with van der Waals surface area (Å²) in [4.78, 5) is 34.0. The minimum atomic E-state index is -0.360. The summed E-state index contributed by atoms with van der Waals surface area (Å²) in [7, 11) is 0. The molecule has 138 valence electrons. The van der Waals surface area contributed by atoms with Crippen molar-refractivity contribution in [1.82, 2.24) is 9.97 Å². The predicted molar refractivity (Wildman–Crippen MR) is 105 cm³/mol. The van der Waals surface area contributed by atoms with E-state index in [0.29, 0.717) is 46.7 Å². The maximum absolute atomic E-state index is 13.7. The maximum Gasteiger partial charge on any atom is 0.225 e. The number of ketones is 1. The van der Waals surface area contributed by atoms with E-state index in [2.05, 4.69) is 9.97 Å². The molecule has 0 aliphatic heterocycles. The van der Waals surface area contributed by atoms with Crippen LogP contribution in [0.4, 0.5) is 9.52 Å². The van der Waals surface area contributed by atoms with Gasteiger partial charge in [-0.05, 0) is 44.0 Å². The Hall–Kier alpha value is -2.80. The van der Waals surface area contributed by atoms with Crippen molar-refractivity contribution in [2.75, 3.05) is 11.4 Å². The number of benzene rings is 1. The number of hydrogen-bond acceptors (Lipinski definition) is 4. The smallest absolute Gasteiger partial charge is 0.225 e. The van der Waals surface area contributed by atoms with Crippen LogP contribution in [0.15, 0.2) is 29.2 Å². The van der Waals surface area contributed by atoms with Gasteiger partial charge in [0.2, 0.25) is 5.91 Å². The molecule has 1 N–H and O–H groups in total. The van der Waals surface area contributed by atoms with Gasteiger partial charge in [-0.3, -0.25) is 14.5 Å². The van der Waals surface area contributed by atoms with Crippen molar-refractivity contribution in [2.24, 2.45) is 0 Å². The molecule has 5 nitrogen and oxygen atoms in total. The summed E-state index contributed by atoms with van der Waals surface area (Å²) in [6, 6.07) is 4.45. The monoisotopic (exact) mass is 383 g/mol. The van der Waals surface area contributed by atoms with E-state index in [1.165, 1.54) is 30.4 Å². The molecule has 27 heavy (non-hydrogen) atoms. The van der Waals surface area contributed by atoms with E-state index in [-0.39, 0.29) is 17.5 Å². The first-order chi connectivity index (χ1) is 13.0. The number of aryl methyl sites for hydroxylation is 1. The Morgan fingerprint density at radius 1 is 1.41 bits per heavy atom. The van der Waals surface area contributed by atoms with Crippen molar-refractivity contribution in [3.8, 4) is 0 Å². The second-order valence-corrected chi connectivity index (χ2v) is 7.32. The van der Waals surface area contributed by atoms with E-state index in [9.17, 15) is 14.0 Å². The van der Waals surface area contributed by atoms with Gasteiger partial charge in [0.25, 0.3) is 0 Å². The molecule has 2 aromatic heterocycles. The van der Waals surface area contributed by atoms with E-state index < -0.39 is 0 Å². The number of rotatable bonds is 3. The Labute approximate surface area is 159 Å². The number of halogens is 1. The van der Waals surface area contributed by atoms with Crippen molar-refractivity contribution in [1.29, 1.82) is 0 Å². The Kier molecular flexibility index (Phi) is 4.39. The first kappa shape index (κ1) is 17.6. The van der Waals surface area contributed by atoms with E-state index in [0.717, 1.165) is 11.2 Å². The van der Waals surface area contributed by atoms with Gasteiger partial charge in [0.1, 0.15) is 5.82 Å². The van der Waals surface area contributed by atoms with Crippen molar-refractivity contribution >= 4 is 45.1 Å². The molecule has 1 amide bonds. The molecule has 1 aromatic carbocycles. The van der Waals surface area contributed by atoms with Gasteiger partial charge in [0.05, 0.1) is 11.3 Å². The molecule has 0 saturated heterocycles. The minimum absolute atomic E-state index is 0.0646. The summed E-state index contributed by atoms with van der Waals surface area (Å²) in [5, 5.41) is 3.08. The van der Waals surface area contributed by atoms with Gasteiger partial charge >= 0.3 is 0 Å². The number of Topliss-reactive ketones (excluding diaryl/α,β-unsaturated/α-hetero) is 1. The minimum Gasteiger partial charge on any atom is -0.358 e. The number of fused-ring (bicyclic) bond motifs is 3. The second-order valence-electron chi connectivity index (χ2n) is 6.49. The third-order valence-corrected chi connectivity index (χ3v) is 5.64. The molecule has 0 radical (unpaired) electrons. The van der Waals surface area contributed by atoms with Crippen LogP contribution in [0, 0.1) is 5.82 Å². The number of amides is 1. The number of aromatic amines is 1. The Bertz CT molecular complexity index is 1100. The van der Waals surface area contributed by atoms with E-state index in [1.807, 2.05) is 12.3 Å². The largest absolute Gasteiger partial charge is 0.358 e. The zero-order valence-electron chi connectivity index (χ0n) is 15.0. The van der Waals surface area contributed by atoms with Crippen LogP contribution in [0.3, 0.4) is 0 Å². The summed E-state index contributed by atoms with van der Waals surface area (Å²) in [5.74, 6) is -0.520. The van der Waals surface area contributed by atoms with Crippen LogP contribution in [0.1, 0.15) is 42.0 Å². The van der Waals surface area contributed by atoms with Crippen LogP contribution in [0.5, 0.6) is 0 Å². The van der Waals surface area contributed by atoms with Crippen molar-refractivity contribution in [2.45, 2.75) is 26.7 Å². The summed E-state index contributed by atoms with van der Waals surface area (Å²) in [6.45, 7) is 3.94. The molecule has 0 bridgehead atoms. The highest BCUT2D eigenvalue weighted by Crippen LogP contribution is 2.33. The lowest BCUT2D eigenvalue weighted by atomic mass is 9.89. The molecule has 3 aromatic rings. The fourth-order valence-corrected chi connectivity index (χ4v) is 4.37. The number of hydrogen-bond donors (Lipinski definition) is 1. The number of nitrogens with zero attached hydrogens (tertiary/aromatic N) is 2. The van der Waals surface area contributed by atoms with Crippen LogP contribution in [0.25, 0.3) is 17.0 Å². The van der Waals surface area contributed by atoms with Crippen LogP contribution < -0.4 is 4.90 Å². The molecule has 0 fully saturated rings. The molecule has 0 unspecified atom stereocenters. The molecule has 2 heterocycles. The molecule has 0 saturated carbocycles. The average molecular weight is 383 g/mol. The second kappa shape index (κ2) is 6.74. The van der Waals surface area contributed by atoms with Gasteiger partial charge in [0, 0.05) is 41.0 Å². The molecular formula is C20H18FN3O2S. The van der Waals surface area contributed by atoms with Gasteiger partial charge in [0.15, 0.2) is 10.9 Å². The fraction of sp³-hybridized carbons (Fsp3) is 0.250. The Morgan fingerprint density at radius 2 is 2.22 bits per heavy atom. The third kappa shape index (κ3) is 3.08. The Morgan fingerprint density at radius 3 is 2.96 bits per heavy atom. The zero-order valence-corrected chi connectivity index (χ0v) is 15.8. The number of allylic oxidation sites excluding steroid dienone is 1. The Balaban J connectivity index is 1.70. The van der Waals surface area contributed by atoms with Gasteiger partial charge < -0.3 is 4.98 Å². The number of aromatic nitrogens is 2. The van der Waals surface area contributed by atoms with Crippen molar-refractivity contribution < 1.29 is 14.0 Å². The molecule has 4 rings (SSSR count). The molecule has 1 aliphatic carbocycles. The zero-order chi connectivity index (χ0) is 19.1. The lowest BCUT2D eigenvalue weighted by Crippen LogP contribution is -2.27. The number of carbonyl (C=O) groups is 2. The lowest BCUT2D eigenvalue weighted by molar-refractivity contribution is -0.116. The van der Waals surface area contributed by atoms with E-state index >= 15 is 0 Å². The molecular weight excluding hydrogens is 365 g/mol. The average Bonchev–Trinajstić information content (AvgIpc) is 3.22. The number of thiazole rings is 1. The summed E-state index contributed by atoms with van der Waals surface area (Å²) >= 11 is 1.37. The van der Waals surface area contributed by atoms with Gasteiger partial charge in [-0.2, -0.15) is 0 Å². The standard InChI is InChI=1S/C20H18FN3O2S/c1-3-24(11(2)25)20-22-14(10-27-20)8-12-4-6-17-18(19(12)26)15-9-13(21)5-7-16(15)23-17/h5,7-10,23H,3-4,6H2,1-2H3/b12-8-. The maximum atomic E-state index is 13.7. The van der Waals surface area contributed by atoms with Gasteiger partial charge in [-0.1, -0.05) is 0 Å². The summed E-state index contributed by atoms with van der Waals surface area (Å²) < 4.78 is 13.7. The third-order valence-electron chi connectivity index (χ3n) is 4.76. The number of anilines is 1. The van der Waals surface area contributed by atoms with E-state index in [4.69, 9.17) is 0 Å². The molecule has 0 atom stereocenters. The van der Waals surface area contributed by atoms with Crippen LogP contribution in [-0.2, 0) is 11.2 Å². The predicted octanol–water partition coefficient (Wildman–Crippen LogP) is 4.35. The molecule has 0 spiro atoms. The van der Waals surface area contributed by atoms with Crippen molar-refractivity contribution in [3.63, 3.8) is 0 Å². The van der Waals surface area contributed by atoms with E-state index in [1.54, 1.807) is 17.0 Å². The molecule has 7 heteroatoms. The highest BCUT2D eigenvalue weighted by Gasteiger charge is 2.26. The fourth-order valence-electron chi connectivity index (χ4n) is 3.48. The van der Waals surface area contributed by atoms with Gasteiger partial charge in [-0.25, -0.2) is 9.37 Å². The van der Waals surface area contributed by atoms with Crippen molar-refractivity contribution in [3.05, 3.63) is 51.9 Å². The highest BCUT2D eigenvalue weighted by atomic mass is 32.1. The number of nitrogens with one attached hydrogen (secondary N) is 1. The van der Waals surface area contributed by atoms with Gasteiger partial charge in [-0.15, -0.1) is 11.3 Å². The highest BCUT2D eigenvalue weighted by molar-refractivity contribution is 7.14. The lowest BCUT2D eigenvalue weighted by Gasteiger charge is -2.15. The first-order valence-electron chi connectivity index (χ1n) is 8.77. The van der Waals surface area contributed by atoms with Crippen LogP contribution in [-0.4, -0.2) is 28.2 Å². The quantitative estimate of drug-likeness (QED) is 0.684. The topological polar surface area (TPSA) is 66.1 Å². The SMILES string of the molecule is CCN(C(C)=O)c1nc(/C=C2/CCc3[nH]c4ccc(F)cc4c3C2=O)cs1.